The van der Waals surface area contributed by atoms with E-state index in [1.165, 1.54) is 0 Å². The van der Waals surface area contributed by atoms with Crippen molar-refractivity contribution >= 4 is 17.3 Å². The van der Waals surface area contributed by atoms with Crippen LogP contribution in [0.4, 0.5) is 5.69 Å². The standard InChI is InChI=1S/C12H17ClN2O/c13-11-1-2-12(14)10(9-11)3-4-15-5-7-16-8-6-15/h1-2,9H,3-8,14H2. The Hall–Kier alpha value is -0.770. The van der Waals surface area contributed by atoms with Gasteiger partial charge in [0.2, 0.25) is 0 Å². The maximum Gasteiger partial charge on any atom is 0.0594 e. The van der Waals surface area contributed by atoms with Crippen LogP contribution in [0.2, 0.25) is 5.02 Å². The van der Waals surface area contributed by atoms with Crippen molar-refractivity contribution in [3.63, 3.8) is 0 Å². The minimum absolute atomic E-state index is 0.756. The van der Waals surface area contributed by atoms with Gasteiger partial charge in [-0.25, -0.2) is 0 Å². The van der Waals surface area contributed by atoms with Crippen LogP contribution in [0.3, 0.4) is 0 Å². The van der Waals surface area contributed by atoms with E-state index in [0.717, 1.165) is 55.5 Å². The molecule has 1 aromatic rings. The minimum atomic E-state index is 0.756. The van der Waals surface area contributed by atoms with E-state index >= 15 is 0 Å². The molecule has 1 fully saturated rings. The van der Waals surface area contributed by atoms with Crippen LogP contribution in [0.25, 0.3) is 0 Å². The molecule has 0 bridgehead atoms. The van der Waals surface area contributed by atoms with Crippen molar-refractivity contribution in [2.75, 3.05) is 38.6 Å². The number of nitrogens with two attached hydrogens (primary N) is 1. The van der Waals surface area contributed by atoms with Crippen molar-refractivity contribution in [1.82, 2.24) is 4.90 Å². The second-order valence-corrected chi connectivity index (χ2v) is 4.48. The van der Waals surface area contributed by atoms with E-state index in [9.17, 15) is 0 Å². The highest BCUT2D eigenvalue weighted by atomic mass is 35.5. The molecule has 1 aliphatic rings. The van der Waals surface area contributed by atoms with Gasteiger partial charge in [-0.3, -0.25) is 4.90 Å². The monoisotopic (exact) mass is 240 g/mol. The Morgan fingerprint density at radius 3 is 2.81 bits per heavy atom. The Labute approximate surface area is 101 Å². The lowest BCUT2D eigenvalue weighted by Crippen LogP contribution is -2.37. The lowest BCUT2D eigenvalue weighted by Gasteiger charge is -2.26. The van der Waals surface area contributed by atoms with E-state index < -0.39 is 0 Å². The zero-order valence-electron chi connectivity index (χ0n) is 9.29. The van der Waals surface area contributed by atoms with E-state index in [2.05, 4.69) is 4.90 Å². The third-order valence-corrected chi connectivity index (χ3v) is 3.14. The number of hydrogen-bond donors (Lipinski definition) is 1. The Bertz CT molecular complexity index is 351. The van der Waals surface area contributed by atoms with Gasteiger partial charge >= 0.3 is 0 Å². The molecular formula is C12H17ClN2O. The van der Waals surface area contributed by atoms with Gasteiger partial charge in [-0.2, -0.15) is 0 Å². The van der Waals surface area contributed by atoms with Crippen molar-refractivity contribution in [3.05, 3.63) is 28.8 Å². The predicted octanol–water partition coefficient (Wildman–Crippen LogP) is 1.80. The number of benzene rings is 1. The molecule has 0 saturated carbocycles. The molecule has 16 heavy (non-hydrogen) atoms. The quantitative estimate of drug-likeness (QED) is 0.819. The number of hydrogen-bond acceptors (Lipinski definition) is 3. The summed E-state index contributed by atoms with van der Waals surface area (Å²) in [6.07, 6.45) is 0.951. The molecule has 0 unspecified atom stereocenters. The average molecular weight is 241 g/mol. The molecule has 0 spiro atoms. The van der Waals surface area contributed by atoms with Crippen LogP contribution in [0, 0.1) is 0 Å². The van der Waals surface area contributed by atoms with Crippen molar-refractivity contribution < 1.29 is 4.74 Å². The Balaban J connectivity index is 1.90. The smallest absolute Gasteiger partial charge is 0.0594 e. The molecule has 2 N–H and O–H groups in total. The topological polar surface area (TPSA) is 38.5 Å². The summed E-state index contributed by atoms with van der Waals surface area (Å²) in [5, 5.41) is 0.756. The van der Waals surface area contributed by atoms with Crippen LogP contribution in [-0.4, -0.2) is 37.7 Å². The molecule has 0 radical (unpaired) electrons. The fourth-order valence-corrected chi connectivity index (χ4v) is 2.09. The van der Waals surface area contributed by atoms with Crippen LogP contribution < -0.4 is 5.73 Å². The first-order valence-corrected chi connectivity index (χ1v) is 5.97. The number of nitrogens with zero attached hydrogens (tertiary/aromatic N) is 1. The second kappa shape index (κ2) is 5.53. The van der Waals surface area contributed by atoms with Crippen molar-refractivity contribution in [3.8, 4) is 0 Å². The molecule has 1 heterocycles. The maximum absolute atomic E-state index is 5.95. The molecule has 0 amide bonds. The fraction of sp³-hybridized carbons (Fsp3) is 0.500. The SMILES string of the molecule is Nc1ccc(Cl)cc1CCN1CCOCC1. The van der Waals surface area contributed by atoms with Crippen LogP contribution in [-0.2, 0) is 11.2 Å². The molecule has 88 valence electrons. The molecule has 0 aliphatic carbocycles. The fourth-order valence-electron chi connectivity index (χ4n) is 1.89. The van der Waals surface area contributed by atoms with Crippen LogP contribution in [0.5, 0.6) is 0 Å². The molecule has 1 aromatic carbocycles. The molecule has 2 rings (SSSR count). The van der Waals surface area contributed by atoms with Gasteiger partial charge in [0.05, 0.1) is 13.2 Å². The van der Waals surface area contributed by atoms with E-state index in [1.54, 1.807) is 0 Å². The number of ether oxygens (including phenoxy) is 1. The van der Waals surface area contributed by atoms with Gasteiger partial charge in [0, 0.05) is 30.3 Å². The van der Waals surface area contributed by atoms with E-state index in [0.29, 0.717) is 0 Å². The van der Waals surface area contributed by atoms with Crippen LogP contribution in [0.1, 0.15) is 5.56 Å². The highest BCUT2D eigenvalue weighted by molar-refractivity contribution is 6.30. The predicted molar refractivity (Wildman–Crippen MR) is 66.8 cm³/mol. The summed E-state index contributed by atoms with van der Waals surface area (Å²) in [7, 11) is 0. The molecule has 3 nitrogen and oxygen atoms in total. The van der Waals surface area contributed by atoms with Gasteiger partial charge in [-0.05, 0) is 30.2 Å². The summed E-state index contributed by atoms with van der Waals surface area (Å²) in [5.74, 6) is 0. The number of morpholine rings is 1. The molecule has 0 atom stereocenters. The third-order valence-electron chi connectivity index (χ3n) is 2.91. The van der Waals surface area contributed by atoms with Gasteiger partial charge in [0.15, 0.2) is 0 Å². The Kier molecular flexibility index (Phi) is 4.04. The third kappa shape index (κ3) is 3.11. The van der Waals surface area contributed by atoms with Gasteiger partial charge in [-0.1, -0.05) is 11.6 Å². The van der Waals surface area contributed by atoms with Gasteiger partial charge in [-0.15, -0.1) is 0 Å². The average Bonchev–Trinajstić information content (AvgIpc) is 2.32. The summed E-state index contributed by atoms with van der Waals surface area (Å²) in [6, 6.07) is 5.66. The first-order chi connectivity index (χ1) is 7.75. The number of halogens is 1. The number of nitrogen functional groups attached to an aromatic ring is 1. The van der Waals surface area contributed by atoms with E-state index in [-0.39, 0.29) is 0 Å². The first-order valence-electron chi connectivity index (χ1n) is 5.60. The van der Waals surface area contributed by atoms with E-state index in [4.69, 9.17) is 22.1 Å². The largest absolute Gasteiger partial charge is 0.399 e. The Morgan fingerprint density at radius 2 is 2.06 bits per heavy atom. The van der Waals surface area contributed by atoms with Crippen LogP contribution in [0.15, 0.2) is 18.2 Å². The highest BCUT2D eigenvalue weighted by Crippen LogP contribution is 2.18. The van der Waals surface area contributed by atoms with Crippen molar-refractivity contribution in [2.24, 2.45) is 0 Å². The van der Waals surface area contributed by atoms with Gasteiger partial charge < -0.3 is 10.5 Å². The molecular weight excluding hydrogens is 224 g/mol. The van der Waals surface area contributed by atoms with Crippen molar-refractivity contribution in [2.45, 2.75) is 6.42 Å². The summed E-state index contributed by atoms with van der Waals surface area (Å²) >= 11 is 5.95. The summed E-state index contributed by atoms with van der Waals surface area (Å²) in [5.41, 5.74) is 7.87. The molecule has 4 heteroatoms. The Morgan fingerprint density at radius 1 is 1.31 bits per heavy atom. The van der Waals surface area contributed by atoms with Crippen molar-refractivity contribution in [1.29, 1.82) is 0 Å². The van der Waals surface area contributed by atoms with E-state index in [1.807, 2.05) is 18.2 Å². The summed E-state index contributed by atoms with van der Waals surface area (Å²) in [6.45, 7) is 4.73. The summed E-state index contributed by atoms with van der Waals surface area (Å²) in [4.78, 5) is 2.39. The number of anilines is 1. The van der Waals surface area contributed by atoms with Gasteiger partial charge in [0.1, 0.15) is 0 Å². The highest BCUT2D eigenvalue weighted by Gasteiger charge is 2.10. The molecule has 1 aliphatic heterocycles. The van der Waals surface area contributed by atoms with Gasteiger partial charge in [0.25, 0.3) is 0 Å². The lowest BCUT2D eigenvalue weighted by molar-refractivity contribution is 0.0384. The zero-order chi connectivity index (χ0) is 11.4. The van der Waals surface area contributed by atoms with Crippen LogP contribution >= 0.6 is 11.6 Å². The number of rotatable bonds is 3. The second-order valence-electron chi connectivity index (χ2n) is 4.05. The minimum Gasteiger partial charge on any atom is -0.399 e. The first kappa shape index (κ1) is 11.7. The lowest BCUT2D eigenvalue weighted by atomic mass is 10.1. The summed E-state index contributed by atoms with van der Waals surface area (Å²) < 4.78 is 5.31. The molecule has 1 saturated heterocycles. The normalized spacial score (nSPS) is 17.6. The maximum atomic E-state index is 5.95. The molecule has 0 aromatic heterocycles. The zero-order valence-corrected chi connectivity index (χ0v) is 10.0.